The minimum Gasteiger partial charge on any atom is -0.464 e. The summed E-state index contributed by atoms with van der Waals surface area (Å²) in [5, 5.41) is 3.19. The number of benzene rings is 1. The number of hydrogen-bond acceptors (Lipinski definition) is 3. The van der Waals surface area contributed by atoms with Gasteiger partial charge < -0.3 is 9.73 Å². The van der Waals surface area contributed by atoms with Gasteiger partial charge in [0.05, 0.1) is 28.0 Å². The molecule has 1 aromatic heterocycles. The third-order valence-electron chi connectivity index (χ3n) is 2.86. The van der Waals surface area contributed by atoms with E-state index in [0.29, 0.717) is 12.3 Å². The molecule has 2 aromatic rings. The Hall–Kier alpha value is -1.53. The molecular formula is C15H17F2NO2S. The van der Waals surface area contributed by atoms with Crippen LogP contribution in [0.15, 0.2) is 39.6 Å². The van der Waals surface area contributed by atoms with Crippen molar-refractivity contribution in [3.05, 3.63) is 53.5 Å². The van der Waals surface area contributed by atoms with Gasteiger partial charge in [0.15, 0.2) is 0 Å². The number of halogens is 2. The first-order valence-corrected chi connectivity index (χ1v) is 8.03. The topological polar surface area (TPSA) is 42.2 Å². The fourth-order valence-corrected chi connectivity index (χ4v) is 2.94. The molecule has 3 nitrogen and oxygen atoms in total. The van der Waals surface area contributed by atoms with Crippen LogP contribution in [0.5, 0.6) is 0 Å². The minimum absolute atomic E-state index is 0.0220. The second-order valence-corrected chi connectivity index (χ2v) is 6.03. The quantitative estimate of drug-likeness (QED) is 0.797. The summed E-state index contributed by atoms with van der Waals surface area (Å²) in [5.41, 5.74) is 0. The summed E-state index contributed by atoms with van der Waals surface area (Å²) in [4.78, 5) is -0.142. The van der Waals surface area contributed by atoms with Gasteiger partial charge in [0.2, 0.25) is 0 Å². The lowest BCUT2D eigenvalue weighted by Gasteiger charge is -2.03. The highest BCUT2D eigenvalue weighted by atomic mass is 32.2. The molecule has 0 bridgehead atoms. The van der Waals surface area contributed by atoms with E-state index >= 15 is 0 Å². The maximum Gasteiger partial charge on any atom is 0.139 e. The van der Waals surface area contributed by atoms with Gasteiger partial charge >= 0.3 is 0 Å². The van der Waals surface area contributed by atoms with E-state index in [9.17, 15) is 13.0 Å². The van der Waals surface area contributed by atoms with Crippen LogP contribution in [0, 0.1) is 11.6 Å². The average molecular weight is 313 g/mol. The van der Waals surface area contributed by atoms with Crippen molar-refractivity contribution in [3.63, 3.8) is 0 Å². The van der Waals surface area contributed by atoms with Crippen molar-refractivity contribution in [1.29, 1.82) is 0 Å². The SMILES string of the molecule is CCCNCc1ccc(CS(=O)c2cc(F)ccc2F)o1. The Morgan fingerprint density at radius 2 is 1.95 bits per heavy atom. The van der Waals surface area contributed by atoms with Crippen LogP contribution in [0.2, 0.25) is 0 Å². The first-order chi connectivity index (χ1) is 10.1. The molecule has 0 aliphatic carbocycles. The van der Waals surface area contributed by atoms with E-state index in [2.05, 4.69) is 12.2 Å². The van der Waals surface area contributed by atoms with Crippen molar-refractivity contribution in [2.45, 2.75) is 30.5 Å². The fraction of sp³-hybridized carbons (Fsp3) is 0.333. The number of hydrogen-bond donors (Lipinski definition) is 1. The largest absolute Gasteiger partial charge is 0.464 e. The van der Waals surface area contributed by atoms with Gasteiger partial charge in [-0.25, -0.2) is 8.78 Å². The highest BCUT2D eigenvalue weighted by Gasteiger charge is 2.14. The Morgan fingerprint density at radius 3 is 2.71 bits per heavy atom. The van der Waals surface area contributed by atoms with Crippen molar-refractivity contribution >= 4 is 10.8 Å². The van der Waals surface area contributed by atoms with Crippen LogP contribution >= 0.6 is 0 Å². The average Bonchev–Trinajstić information content (AvgIpc) is 2.89. The molecule has 114 valence electrons. The molecule has 1 heterocycles. The Balaban J connectivity index is 2.01. The van der Waals surface area contributed by atoms with Crippen molar-refractivity contribution < 1.29 is 17.4 Å². The van der Waals surface area contributed by atoms with Crippen LogP contribution in [0.25, 0.3) is 0 Å². The Kier molecular flexibility index (Phi) is 5.64. The van der Waals surface area contributed by atoms with E-state index in [-0.39, 0.29) is 10.6 Å². The molecule has 0 aliphatic heterocycles. The molecule has 1 aromatic carbocycles. The lowest BCUT2D eigenvalue weighted by atomic mass is 10.3. The van der Waals surface area contributed by atoms with Crippen molar-refractivity contribution in [1.82, 2.24) is 5.32 Å². The van der Waals surface area contributed by atoms with Gasteiger partial charge in [0.1, 0.15) is 23.2 Å². The molecule has 1 N–H and O–H groups in total. The molecule has 0 amide bonds. The third-order valence-corrected chi connectivity index (χ3v) is 4.21. The van der Waals surface area contributed by atoms with E-state index in [0.717, 1.165) is 36.9 Å². The maximum atomic E-state index is 13.5. The smallest absolute Gasteiger partial charge is 0.139 e. The molecule has 0 spiro atoms. The van der Waals surface area contributed by atoms with Gasteiger partial charge in [0.25, 0.3) is 0 Å². The van der Waals surface area contributed by atoms with E-state index in [1.807, 2.05) is 0 Å². The third kappa shape index (κ3) is 4.47. The van der Waals surface area contributed by atoms with E-state index in [1.165, 1.54) is 0 Å². The predicted octanol–water partition coefficient (Wildman–Crippen LogP) is 3.37. The molecule has 0 aliphatic rings. The number of nitrogens with one attached hydrogen (secondary N) is 1. The molecule has 0 saturated heterocycles. The van der Waals surface area contributed by atoms with Crippen LogP contribution in [0.4, 0.5) is 8.78 Å². The normalized spacial score (nSPS) is 12.5. The van der Waals surface area contributed by atoms with E-state index in [1.54, 1.807) is 12.1 Å². The van der Waals surface area contributed by atoms with E-state index in [4.69, 9.17) is 4.42 Å². The van der Waals surface area contributed by atoms with Crippen LogP contribution in [0.3, 0.4) is 0 Å². The van der Waals surface area contributed by atoms with Gasteiger partial charge in [-0.2, -0.15) is 0 Å². The molecule has 0 radical (unpaired) electrons. The molecule has 1 unspecified atom stereocenters. The van der Waals surface area contributed by atoms with Crippen LogP contribution < -0.4 is 5.32 Å². The van der Waals surface area contributed by atoms with Crippen LogP contribution in [0.1, 0.15) is 24.9 Å². The van der Waals surface area contributed by atoms with Gasteiger partial charge in [-0.15, -0.1) is 0 Å². The summed E-state index contributed by atoms with van der Waals surface area (Å²) in [6.45, 7) is 3.54. The summed E-state index contributed by atoms with van der Waals surface area (Å²) in [6.07, 6.45) is 1.02. The van der Waals surface area contributed by atoms with E-state index < -0.39 is 22.4 Å². The molecule has 21 heavy (non-hydrogen) atoms. The molecular weight excluding hydrogens is 296 g/mol. The zero-order valence-electron chi connectivity index (χ0n) is 11.7. The second-order valence-electron chi connectivity index (χ2n) is 4.61. The van der Waals surface area contributed by atoms with Gasteiger partial charge in [0, 0.05) is 0 Å². The number of rotatable bonds is 7. The van der Waals surface area contributed by atoms with Crippen LogP contribution in [-0.2, 0) is 23.1 Å². The van der Waals surface area contributed by atoms with Crippen molar-refractivity contribution in [3.8, 4) is 0 Å². The number of furan rings is 1. The summed E-state index contributed by atoms with van der Waals surface area (Å²) >= 11 is 0. The molecule has 0 fully saturated rings. The summed E-state index contributed by atoms with van der Waals surface area (Å²) in [6, 6.07) is 6.43. The highest BCUT2D eigenvalue weighted by molar-refractivity contribution is 7.84. The Bertz CT molecular complexity index is 628. The first kappa shape index (κ1) is 15.9. The standard InChI is InChI=1S/C15H17F2NO2S/c1-2-7-18-9-12-4-5-13(20-12)10-21(19)15-8-11(16)3-6-14(15)17/h3-6,8,18H,2,7,9-10H2,1H3. The lowest BCUT2D eigenvalue weighted by molar-refractivity contribution is 0.458. The Labute approximate surface area is 124 Å². The van der Waals surface area contributed by atoms with Gasteiger partial charge in [-0.3, -0.25) is 4.21 Å². The molecule has 2 rings (SSSR count). The monoisotopic (exact) mass is 313 g/mol. The first-order valence-electron chi connectivity index (χ1n) is 6.72. The molecule has 0 saturated carbocycles. The zero-order chi connectivity index (χ0) is 15.2. The van der Waals surface area contributed by atoms with Crippen molar-refractivity contribution in [2.24, 2.45) is 0 Å². The van der Waals surface area contributed by atoms with Gasteiger partial charge in [-0.05, 0) is 43.3 Å². The van der Waals surface area contributed by atoms with Gasteiger partial charge in [-0.1, -0.05) is 6.92 Å². The molecule has 6 heteroatoms. The minimum atomic E-state index is -1.68. The Morgan fingerprint density at radius 1 is 1.19 bits per heavy atom. The summed E-state index contributed by atoms with van der Waals surface area (Å²) < 4.78 is 44.2. The lowest BCUT2D eigenvalue weighted by Crippen LogP contribution is -2.13. The van der Waals surface area contributed by atoms with Crippen molar-refractivity contribution in [2.75, 3.05) is 6.54 Å². The zero-order valence-corrected chi connectivity index (χ0v) is 12.5. The predicted molar refractivity (Wildman–Crippen MR) is 77.2 cm³/mol. The van der Waals surface area contributed by atoms with Crippen LogP contribution in [-0.4, -0.2) is 10.8 Å². The molecule has 1 atom stereocenters. The summed E-state index contributed by atoms with van der Waals surface area (Å²) in [5.74, 6) is -0.0380. The fourth-order valence-electron chi connectivity index (χ4n) is 1.84. The summed E-state index contributed by atoms with van der Waals surface area (Å²) in [7, 11) is -1.68. The maximum absolute atomic E-state index is 13.5. The highest BCUT2D eigenvalue weighted by Crippen LogP contribution is 2.18. The second kappa shape index (κ2) is 7.47.